The average Bonchev–Trinajstić information content (AvgIpc) is 3.08. The summed E-state index contributed by atoms with van der Waals surface area (Å²) in [6.07, 6.45) is 5.80. The molecule has 1 saturated heterocycles. The van der Waals surface area contributed by atoms with Gasteiger partial charge in [-0.2, -0.15) is 5.26 Å². The van der Waals surface area contributed by atoms with Crippen LogP contribution in [0, 0.1) is 11.3 Å². The molecule has 0 aliphatic carbocycles. The lowest BCUT2D eigenvalue weighted by atomic mass is 10.1. The normalized spacial score (nSPS) is 15.2. The summed E-state index contributed by atoms with van der Waals surface area (Å²) >= 11 is 0. The van der Waals surface area contributed by atoms with Crippen LogP contribution in [0.1, 0.15) is 38.4 Å². The highest BCUT2D eigenvalue weighted by atomic mass is 16.5. The molecule has 0 atom stereocenters. The Morgan fingerprint density at radius 2 is 2.21 bits per heavy atom. The SMILES string of the molecule is CCOCCCNC(=O)/C(C#N)=C\c1ccc(N2CCCCC2)o1. The summed E-state index contributed by atoms with van der Waals surface area (Å²) in [4.78, 5) is 14.2. The van der Waals surface area contributed by atoms with Crippen molar-refractivity contribution in [3.05, 3.63) is 23.5 Å². The fraction of sp³-hybridized carbons (Fsp3) is 0.556. The third kappa shape index (κ3) is 5.43. The molecular formula is C18H25N3O3. The Hall–Kier alpha value is -2.26. The van der Waals surface area contributed by atoms with E-state index in [0.29, 0.717) is 25.5 Å². The largest absolute Gasteiger partial charge is 0.441 e. The third-order valence-electron chi connectivity index (χ3n) is 3.89. The molecule has 0 unspecified atom stereocenters. The molecule has 0 saturated carbocycles. The van der Waals surface area contributed by atoms with Crippen LogP contribution < -0.4 is 10.2 Å². The van der Waals surface area contributed by atoms with E-state index in [2.05, 4.69) is 10.2 Å². The predicted molar refractivity (Wildman–Crippen MR) is 92.5 cm³/mol. The van der Waals surface area contributed by atoms with Crippen LogP contribution in [0.25, 0.3) is 6.08 Å². The minimum Gasteiger partial charge on any atom is -0.441 e. The topological polar surface area (TPSA) is 78.5 Å². The summed E-state index contributed by atoms with van der Waals surface area (Å²) in [5.74, 6) is 0.942. The fourth-order valence-electron chi connectivity index (χ4n) is 2.61. The van der Waals surface area contributed by atoms with Crippen LogP contribution in [0.3, 0.4) is 0 Å². The summed E-state index contributed by atoms with van der Waals surface area (Å²) in [6.45, 7) is 5.64. The number of ether oxygens (including phenoxy) is 1. The number of carbonyl (C=O) groups is 1. The maximum absolute atomic E-state index is 12.0. The Morgan fingerprint density at radius 1 is 1.42 bits per heavy atom. The quantitative estimate of drug-likeness (QED) is 0.450. The lowest BCUT2D eigenvalue weighted by Gasteiger charge is -2.25. The van der Waals surface area contributed by atoms with Crippen LogP contribution in [0.5, 0.6) is 0 Å². The van der Waals surface area contributed by atoms with Gasteiger partial charge < -0.3 is 19.4 Å². The van der Waals surface area contributed by atoms with Gasteiger partial charge in [-0.1, -0.05) is 0 Å². The number of carbonyl (C=O) groups excluding carboxylic acids is 1. The van der Waals surface area contributed by atoms with Gasteiger partial charge in [0.25, 0.3) is 5.91 Å². The van der Waals surface area contributed by atoms with Gasteiger partial charge in [-0.05, 0) is 38.7 Å². The van der Waals surface area contributed by atoms with Crippen molar-refractivity contribution in [1.29, 1.82) is 5.26 Å². The number of amides is 1. The number of nitriles is 1. The number of rotatable bonds is 8. The Labute approximate surface area is 143 Å². The first kappa shape index (κ1) is 18.1. The van der Waals surface area contributed by atoms with Crippen LogP contribution in [0.15, 0.2) is 22.1 Å². The summed E-state index contributed by atoms with van der Waals surface area (Å²) < 4.78 is 11.0. The Balaban J connectivity index is 1.91. The van der Waals surface area contributed by atoms with Gasteiger partial charge in [-0.15, -0.1) is 0 Å². The van der Waals surface area contributed by atoms with Crippen molar-refractivity contribution < 1.29 is 13.9 Å². The molecule has 130 valence electrons. The van der Waals surface area contributed by atoms with E-state index in [1.807, 2.05) is 19.1 Å². The molecule has 1 aliphatic rings. The smallest absolute Gasteiger partial charge is 0.262 e. The number of piperidine rings is 1. The van der Waals surface area contributed by atoms with E-state index in [-0.39, 0.29) is 11.5 Å². The zero-order valence-corrected chi connectivity index (χ0v) is 14.2. The molecule has 0 bridgehead atoms. The second-order valence-corrected chi connectivity index (χ2v) is 5.70. The molecule has 0 spiro atoms. The monoisotopic (exact) mass is 331 g/mol. The highest BCUT2D eigenvalue weighted by Crippen LogP contribution is 2.23. The van der Waals surface area contributed by atoms with Crippen molar-refractivity contribution >= 4 is 17.9 Å². The molecule has 1 amide bonds. The summed E-state index contributed by atoms with van der Waals surface area (Å²) in [5.41, 5.74) is 0.0472. The first-order valence-electron chi connectivity index (χ1n) is 8.57. The van der Waals surface area contributed by atoms with Crippen LogP contribution in [-0.4, -0.2) is 38.8 Å². The van der Waals surface area contributed by atoms with E-state index < -0.39 is 0 Å². The molecule has 24 heavy (non-hydrogen) atoms. The standard InChI is InChI=1S/C18H25N3O3/c1-2-23-12-6-9-20-18(22)15(14-19)13-16-7-8-17(24-16)21-10-4-3-5-11-21/h7-8,13H,2-6,9-12H2,1H3,(H,20,22)/b15-13-. The lowest BCUT2D eigenvalue weighted by Crippen LogP contribution is -2.28. The molecule has 2 rings (SSSR count). The van der Waals surface area contributed by atoms with Crippen LogP contribution >= 0.6 is 0 Å². The number of nitrogens with one attached hydrogen (secondary N) is 1. The van der Waals surface area contributed by atoms with E-state index >= 15 is 0 Å². The van der Waals surface area contributed by atoms with E-state index in [0.717, 1.165) is 25.4 Å². The second kappa shape index (κ2) is 9.78. The highest BCUT2D eigenvalue weighted by molar-refractivity contribution is 6.01. The minimum atomic E-state index is -0.384. The van der Waals surface area contributed by atoms with Gasteiger partial charge in [0.15, 0.2) is 5.88 Å². The van der Waals surface area contributed by atoms with E-state index in [4.69, 9.17) is 9.15 Å². The molecule has 1 fully saturated rings. The van der Waals surface area contributed by atoms with E-state index in [1.165, 1.54) is 25.3 Å². The number of hydrogen-bond acceptors (Lipinski definition) is 5. The van der Waals surface area contributed by atoms with Crippen molar-refractivity contribution in [2.24, 2.45) is 0 Å². The second-order valence-electron chi connectivity index (χ2n) is 5.70. The fourth-order valence-corrected chi connectivity index (χ4v) is 2.61. The van der Waals surface area contributed by atoms with Gasteiger partial charge >= 0.3 is 0 Å². The first-order valence-corrected chi connectivity index (χ1v) is 8.57. The number of furan rings is 1. The van der Waals surface area contributed by atoms with Gasteiger partial charge in [0.1, 0.15) is 17.4 Å². The number of nitrogens with zero attached hydrogens (tertiary/aromatic N) is 2. The average molecular weight is 331 g/mol. The molecule has 6 heteroatoms. The molecular weight excluding hydrogens is 306 g/mol. The van der Waals surface area contributed by atoms with Gasteiger partial charge in [0.05, 0.1) is 0 Å². The lowest BCUT2D eigenvalue weighted by molar-refractivity contribution is -0.117. The van der Waals surface area contributed by atoms with Crippen molar-refractivity contribution in [1.82, 2.24) is 5.32 Å². The van der Waals surface area contributed by atoms with Crippen LogP contribution in [-0.2, 0) is 9.53 Å². The third-order valence-corrected chi connectivity index (χ3v) is 3.89. The highest BCUT2D eigenvalue weighted by Gasteiger charge is 2.15. The maximum Gasteiger partial charge on any atom is 0.262 e. The van der Waals surface area contributed by atoms with E-state index in [1.54, 1.807) is 6.07 Å². The van der Waals surface area contributed by atoms with Crippen molar-refractivity contribution in [3.63, 3.8) is 0 Å². The summed E-state index contributed by atoms with van der Waals surface area (Å²) in [5, 5.41) is 11.9. The predicted octanol–water partition coefficient (Wildman–Crippen LogP) is 2.72. The van der Waals surface area contributed by atoms with E-state index in [9.17, 15) is 10.1 Å². The molecule has 1 aromatic rings. The van der Waals surface area contributed by atoms with Gasteiger partial charge in [-0.25, -0.2) is 0 Å². The molecule has 0 aromatic carbocycles. The van der Waals surface area contributed by atoms with Crippen LogP contribution in [0.2, 0.25) is 0 Å². The molecule has 1 aliphatic heterocycles. The number of anilines is 1. The molecule has 0 radical (unpaired) electrons. The first-order chi connectivity index (χ1) is 11.7. The molecule has 1 N–H and O–H groups in total. The summed E-state index contributed by atoms with van der Waals surface area (Å²) in [7, 11) is 0. The zero-order chi connectivity index (χ0) is 17.2. The Bertz CT molecular complexity index is 595. The van der Waals surface area contributed by atoms with Crippen LogP contribution in [0.4, 0.5) is 5.88 Å². The van der Waals surface area contributed by atoms with Gasteiger partial charge in [0.2, 0.25) is 0 Å². The molecule has 2 heterocycles. The van der Waals surface area contributed by atoms with Gasteiger partial charge in [0, 0.05) is 45.0 Å². The Morgan fingerprint density at radius 3 is 2.92 bits per heavy atom. The van der Waals surface area contributed by atoms with Gasteiger partial charge in [-0.3, -0.25) is 4.79 Å². The number of hydrogen-bond donors (Lipinski definition) is 1. The van der Waals surface area contributed by atoms with Crippen molar-refractivity contribution in [3.8, 4) is 6.07 Å². The molecule has 1 aromatic heterocycles. The van der Waals surface area contributed by atoms with Crippen molar-refractivity contribution in [2.45, 2.75) is 32.6 Å². The zero-order valence-electron chi connectivity index (χ0n) is 14.2. The molecule has 6 nitrogen and oxygen atoms in total. The summed E-state index contributed by atoms with van der Waals surface area (Å²) in [6, 6.07) is 5.63. The Kier molecular flexibility index (Phi) is 7.37. The maximum atomic E-state index is 12.0. The minimum absolute atomic E-state index is 0.0472. The van der Waals surface area contributed by atoms with Crippen molar-refractivity contribution in [2.75, 3.05) is 37.7 Å².